The lowest BCUT2D eigenvalue weighted by atomic mass is 9.97. The summed E-state index contributed by atoms with van der Waals surface area (Å²) in [4.78, 5) is 27.1. The normalized spacial score (nSPS) is 12.6. The molecule has 152 valence electrons. The highest BCUT2D eigenvalue weighted by Crippen LogP contribution is 2.33. The first-order chi connectivity index (χ1) is 13.8. The quantitative estimate of drug-likeness (QED) is 0.457. The first kappa shape index (κ1) is 20.9. The maximum atomic E-state index is 12.4. The number of ether oxygens (including phenoxy) is 2. The van der Waals surface area contributed by atoms with Crippen LogP contribution in [0.3, 0.4) is 0 Å². The van der Waals surface area contributed by atoms with Crippen LogP contribution in [0.2, 0.25) is 0 Å². The largest absolute Gasteiger partial charge is 0.487 e. The molecule has 0 spiro atoms. The number of hydrogen-bond donors (Lipinski definition) is 1. The Bertz CT molecular complexity index is 1050. The van der Waals surface area contributed by atoms with Crippen LogP contribution in [0.1, 0.15) is 38.0 Å². The maximum absolute atomic E-state index is 12.4. The molecule has 0 saturated heterocycles. The third-order valence-electron chi connectivity index (χ3n) is 4.48. The van der Waals surface area contributed by atoms with Crippen molar-refractivity contribution in [3.8, 4) is 5.75 Å². The predicted octanol–water partition coefficient (Wildman–Crippen LogP) is 4.98. The second-order valence-corrected chi connectivity index (χ2v) is 8.15. The lowest BCUT2D eigenvalue weighted by Crippen LogP contribution is -2.25. The van der Waals surface area contributed by atoms with Gasteiger partial charge in [-0.2, -0.15) is 0 Å². The van der Waals surface area contributed by atoms with E-state index in [-0.39, 0.29) is 17.4 Å². The number of esters is 1. The topological polar surface area (TPSA) is 68.4 Å². The number of fused-ring (bicyclic) bond motifs is 1. The van der Waals surface area contributed by atoms with Crippen LogP contribution < -0.4 is 10.3 Å². The SMILES string of the molecule is CC(C)(C)C(=O)OC(CCl)c1ccc(OCc2ccccc2)c2[nH]c(=O)ccc12. The Morgan fingerprint density at radius 2 is 1.79 bits per heavy atom. The molecule has 1 unspecified atom stereocenters. The zero-order valence-corrected chi connectivity index (χ0v) is 17.5. The molecule has 0 aliphatic rings. The van der Waals surface area contributed by atoms with Crippen LogP contribution in [0.15, 0.2) is 59.4 Å². The summed E-state index contributed by atoms with van der Waals surface area (Å²) in [5, 5.41) is 0.725. The lowest BCUT2D eigenvalue weighted by Gasteiger charge is -2.23. The maximum Gasteiger partial charge on any atom is 0.311 e. The molecule has 5 nitrogen and oxygen atoms in total. The summed E-state index contributed by atoms with van der Waals surface area (Å²) in [6.07, 6.45) is -0.639. The van der Waals surface area contributed by atoms with Crippen molar-refractivity contribution in [1.82, 2.24) is 4.98 Å². The molecule has 0 amide bonds. The summed E-state index contributed by atoms with van der Waals surface area (Å²) in [6, 6.07) is 16.5. The van der Waals surface area contributed by atoms with Gasteiger partial charge in [0, 0.05) is 17.0 Å². The smallest absolute Gasteiger partial charge is 0.311 e. The Morgan fingerprint density at radius 3 is 2.45 bits per heavy atom. The van der Waals surface area contributed by atoms with E-state index < -0.39 is 11.5 Å². The Balaban J connectivity index is 1.97. The minimum atomic E-state index is -0.646. The summed E-state index contributed by atoms with van der Waals surface area (Å²) < 4.78 is 11.6. The fraction of sp³-hybridized carbons (Fsp3) is 0.304. The molecule has 0 aliphatic heterocycles. The molecule has 3 rings (SSSR count). The molecular formula is C23H24ClNO4. The molecule has 6 heteroatoms. The number of alkyl halides is 1. The van der Waals surface area contributed by atoms with E-state index in [1.807, 2.05) is 36.4 Å². The Kier molecular flexibility index (Phi) is 6.28. The van der Waals surface area contributed by atoms with Gasteiger partial charge < -0.3 is 14.5 Å². The molecule has 0 saturated carbocycles. The first-order valence-electron chi connectivity index (χ1n) is 9.39. The molecule has 29 heavy (non-hydrogen) atoms. The molecule has 1 atom stereocenters. The number of H-pyrrole nitrogens is 1. The van der Waals surface area contributed by atoms with Crippen molar-refractivity contribution < 1.29 is 14.3 Å². The summed E-state index contributed by atoms with van der Waals surface area (Å²) in [6.45, 7) is 5.73. The molecule has 0 fully saturated rings. The van der Waals surface area contributed by atoms with E-state index in [9.17, 15) is 9.59 Å². The van der Waals surface area contributed by atoms with Gasteiger partial charge in [0.05, 0.1) is 16.8 Å². The fourth-order valence-corrected chi connectivity index (χ4v) is 3.10. The number of nitrogens with one attached hydrogen (secondary N) is 1. The van der Waals surface area contributed by atoms with Crippen LogP contribution in [0.5, 0.6) is 5.75 Å². The number of carbonyl (C=O) groups is 1. The minimum absolute atomic E-state index is 0.0975. The molecule has 1 heterocycles. The standard InChI is InChI=1S/C23H24ClNO4/c1-23(2,3)22(27)29-19(13-24)16-9-11-18(21-17(16)10-12-20(26)25-21)28-14-15-7-5-4-6-8-15/h4-12,19H,13-14H2,1-3H3,(H,25,26). The summed E-state index contributed by atoms with van der Waals surface area (Å²) >= 11 is 6.13. The van der Waals surface area contributed by atoms with Gasteiger partial charge in [-0.15, -0.1) is 11.6 Å². The molecule has 0 aliphatic carbocycles. The van der Waals surface area contributed by atoms with E-state index in [4.69, 9.17) is 21.1 Å². The van der Waals surface area contributed by atoms with Crippen LogP contribution in [0, 0.1) is 5.41 Å². The number of aromatic amines is 1. The molecular weight excluding hydrogens is 390 g/mol. The monoisotopic (exact) mass is 413 g/mol. The van der Waals surface area contributed by atoms with Crippen molar-refractivity contribution in [2.45, 2.75) is 33.5 Å². The number of halogens is 1. The molecule has 0 bridgehead atoms. The highest BCUT2D eigenvalue weighted by Gasteiger charge is 2.28. The van der Waals surface area contributed by atoms with Crippen molar-refractivity contribution in [2.24, 2.45) is 5.41 Å². The van der Waals surface area contributed by atoms with Gasteiger partial charge in [0.25, 0.3) is 0 Å². The average Bonchev–Trinajstić information content (AvgIpc) is 2.70. The van der Waals surface area contributed by atoms with Gasteiger partial charge in [-0.3, -0.25) is 9.59 Å². The van der Waals surface area contributed by atoms with E-state index in [2.05, 4.69) is 4.98 Å². The van der Waals surface area contributed by atoms with Gasteiger partial charge in [0.1, 0.15) is 18.5 Å². The van der Waals surface area contributed by atoms with E-state index in [1.165, 1.54) is 6.07 Å². The van der Waals surface area contributed by atoms with Gasteiger partial charge in [0.2, 0.25) is 5.56 Å². The Labute approximate surface area is 174 Å². The van der Waals surface area contributed by atoms with Crippen molar-refractivity contribution in [1.29, 1.82) is 0 Å². The van der Waals surface area contributed by atoms with E-state index in [0.717, 1.165) is 16.5 Å². The number of carbonyl (C=O) groups excluding carboxylic acids is 1. The third kappa shape index (κ3) is 4.98. The van der Waals surface area contributed by atoms with Crippen molar-refractivity contribution in [3.05, 3.63) is 76.1 Å². The number of pyridine rings is 1. The molecule has 3 aromatic rings. The van der Waals surface area contributed by atoms with Gasteiger partial charge in [-0.05, 0) is 38.5 Å². The van der Waals surface area contributed by atoms with Crippen LogP contribution in [-0.4, -0.2) is 16.8 Å². The lowest BCUT2D eigenvalue weighted by molar-refractivity contribution is -0.157. The van der Waals surface area contributed by atoms with Gasteiger partial charge >= 0.3 is 5.97 Å². The summed E-state index contributed by atoms with van der Waals surface area (Å²) in [5.74, 6) is 0.297. The third-order valence-corrected chi connectivity index (χ3v) is 4.76. The number of hydrogen-bond acceptors (Lipinski definition) is 4. The predicted molar refractivity (Wildman–Crippen MR) is 114 cm³/mol. The number of rotatable bonds is 6. The van der Waals surface area contributed by atoms with Crippen LogP contribution >= 0.6 is 11.6 Å². The molecule has 1 aromatic heterocycles. The number of aromatic nitrogens is 1. The van der Waals surface area contributed by atoms with Crippen LogP contribution in [0.25, 0.3) is 10.9 Å². The van der Waals surface area contributed by atoms with Gasteiger partial charge in [0.15, 0.2) is 0 Å². The molecule has 0 radical (unpaired) electrons. The van der Waals surface area contributed by atoms with Crippen LogP contribution in [0.4, 0.5) is 0 Å². The molecule has 2 aromatic carbocycles. The Morgan fingerprint density at radius 1 is 1.07 bits per heavy atom. The average molecular weight is 414 g/mol. The first-order valence-corrected chi connectivity index (χ1v) is 9.93. The number of benzene rings is 2. The molecule has 1 N–H and O–H groups in total. The second-order valence-electron chi connectivity index (χ2n) is 7.84. The Hall–Kier alpha value is -2.79. The zero-order chi connectivity index (χ0) is 21.0. The van der Waals surface area contributed by atoms with Crippen molar-refractivity contribution >= 4 is 28.5 Å². The highest BCUT2D eigenvalue weighted by molar-refractivity contribution is 6.18. The zero-order valence-electron chi connectivity index (χ0n) is 16.7. The fourth-order valence-electron chi connectivity index (χ4n) is 2.87. The van der Waals surface area contributed by atoms with Gasteiger partial charge in [-0.25, -0.2) is 0 Å². The highest BCUT2D eigenvalue weighted by atomic mass is 35.5. The second kappa shape index (κ2) is 8.70. The van der Waals surface area contributed by atoms with Crippen molar-refractivity contribution in [2.75, 3.05) is 5.88 Å². The van der Waals surface area contributed by atoms with E-state index in [1.54, 1.807) is 32.9 Å². The summed E-state index contributed by atoms with van der Waals surface area (Å²) in [5.41, 5.74) is 1.39. The summed E-state index contributed by atoms with van der Waals surface area (Å²) in [7, 11) is 0. The van der Waals surface area contributed by atoms with Gasteiger partial charge in [-0.1, -0.05) is 36.4 Å². The van der Waals surface area contributed by atoms with Crippen molar-refractivity contribution in [3.63, 3.8) is 0 Å². The minimum Gasteiger partial charge on any atom is -0.487 e. The van der Waals surface area contributed by atoms with E-state index in [0.29, 0.717) is 17.9 Å². The van der Waals surface area contributed by atoms with E-state index >= 15 is 0 Å². The van der Waals surface area contributed by atoms with Crippen LogP contribution in [-0.2, 0) is 16.1 Å².